The fraction of sp³-hybridized carbons (Fsp3) is 0.304. The van der Waals surface area contributed by atoms with Gasteiger partial charge in [0.1, 0.15) is 11.6 Å². The van der Waals surface area contributed by atoms with Crippen LogP contribution < -0.4 is 5.73 Å². The maximum Gasteiger partial charge on any atom is 0.417 e. The van der Waals surface area contributed by atoms with Crippen molar-refractivity contribution in [3.8, 4) is 0 Å². The number of carbonyl (C=O) groups is 2. The number of nitrogens with two attached hydrogens (primary N) is 1. The Morgan fingerprint density at radius 3 is 2.57 bits per heavy atom. The lowest BCUT2D eigenvalue weighted by molar-refractivity contribution is -0.140. The number of benzene rings is 1. The van der Waals surface area contributed by atoms with Crippen LogP contribution in [0.5, 0.6) is 0 Å². The average molecular weight is 491 g/mol. The molecule has 0 spiro atoms. The Morgan fingerprint density at radius 2 is 1.97 bits per heavy atom. The Kier molecular flexibility index (Phi) is 6.09. The number of anilines is 1. The van der Waals surface area contributed by atoms with Crippen molar-refractivity contribution >= 4 is 28.5 Å². The van der Waals surface area contributed by atoms with E-state index in [0.717, 1.165) is 28.2 Å². The first-order chi connectivity index (χ1) is 16.4. The predicted octanol–water partition coefficient (Wildman–Crippen LogP) is 4.00. The number of hydrogen-bond acceptors (Lipinski definition) is 6. The largest absolute Gasteiger partial charge is 0.417 e. The number of aromatic nitrogens is 2. The first-order valence-electron chi connectivity index (χ1n) is 10.5. The number of halogens is 4. The Morgan fingerprint density at radius 1 is 1.26 bits per heavy atom. The monoisotopic (exact) mass is 491 g/mol. The van der Waals surface area contributed by atoms with Gasteiger partial charge in [-0.25, -0.2) is 14.4 Å². The number of fused-ring (bicyclic) bond motifs is 3. The normalized spacial score (nSPS) is 15.2. The van der Waals surface area contributed by atoms with Crippen molar-refractivity contribution in [2.24, 2.45) is 0 Å². The van der Waals surface area contributed by atoms with Crippen molar-refractivity contribution in [2.45, 2.75) is 39.3 Å². The third kappa shape index (κ3) is 4.48. The SMILES string of the molecule is CC(=O)N(C)N(Cc1ccc(C(F)(F)F)cn1)C(=O)c1cc2c3c(c(N)nc2cc1F)C(C)OC3. The first kappa shape index (κ1) is 24.3. The molecule has 2 N–H and O–H groups in total. The van der Waals surface area contributed by atoms with Gasteiger partial charge in [-0.1, -0.05) is 0 Å². The Labute approximate surface area is 197 Å². The van der Waals surface area contributed by atoms with Crippen LogP contribution in [0.2, 0.25) is 0 Å². The van der Waals surface area contributed by atoms with Crippen molar-refractivity contribution in [2.75, 3.05) is 12.8 Å². The molecule has 3 aromatic rings. The number of amides is 2. The van der Waals surface area contributed by atoms with Crippen LogP contribution in [0, 0.1) is 5.82 Å². The van der Waals surface area contributed by atoms with E-state index >= 15 is 4.39 Å². The molecule has 0 saturated carbocycles. The third-order valence-electron chi connectivity index (χ3n) is 5.88. The lowest BCUT2D eigenvalue weighted by Gasteiger charge is -2.31. The molecule has 12 heteroatoms. The van der Waals surface area contributed by atoms with Crippen LogP contribution in [0.25, 0.3) is 10.9 Å². The predicted molar refractivity (Wildman–Crippen MR) is 117 cm³/mol. The van der Waals surface area contributed by atoms with E-state index in [1.807, 2.05) is 0 Å². The number of rotatable bonds is 3. The molecular formula is C23H21F4N5O3. The molecule has 0 saturated heterocycles. The van der Waals surface area contributed by atoms with Crippen LogP contribution in [-0.4, -0.2) is 38.8 Å². The Balaban J connectivity index is 1.75. The molecule has 1 atom stereocenters. The number of nitrogen functional groups attached to an aromatic ring is 1. The summed E-state index contributed by atoms with van der Waals surface area (Å²) in [7, 11) is 1.29. The molecule has 4 rings (SSSR count). The van der Waals surface area contributed by atoms with E-state index in [9.17, 15) is 22.8 Å². The van der Waals surface area contributed by atoms with Gasteiger partial charge in [0.25, 0.3) is 5.91 Å². The van der Waals surface area contributed by atoms with E-state index in [-0.39, 0.29) is 41.8 Å². The van der Waals surface area contributed by atoms with Gasteiger partial charge in [0.05, 0.1) is 41.6 Å². The van der Waals surface area contributed by atoms with Gasteiger partial charge in [0.15, 0.2) is 0 Å². The summed E-state index contributed by atoms with van der Waals surface area (Å²) < 4.78 is 59.3. The van der Waals surface area contributed by atoms with Gasteiger partial charge in [-0.3, -0.25) is 19.6 Å². The molecule has 0 bridgehead atoms. The highest BCUT2D eigenvalue weighted by Gasteiger charge is 2.32. The minimum Gasteiger partial charge on any atom is -0.383 e. The second-order valence-corrected chi connectivity index (χ2v) is 8.13. The molecule has 2 amide bonds. The van der Waals surface area contributed by atoms with E-state index in [4.69, 9.17) is 10.5 Å². The van der Waals surface area contributed by atoms with Crippen LogP contribution in [-0.2, 0) is 28.9 Å². The van der Waals surface area contributed by atoms with Crippen LogP contribution >= 0.6 is 0 Å². The molecule has 2 aromatic heterocycles. The minimum absolute atomic E-state index is 0.0678. The standard InChI is InChI=1S/C23H21F4N5O3/c1-11-20-17(10-35-11)15-6-16(18(24)7-19(15)30-21(20)28)22(34)32(31(3)12(2)33)9-14-5-4-13(8-29-14)23(25,26)27/h4-8,11H,9-10H2,1-3H3,(H2,28,30). The molecule has 3 heterocycles. The molecule has 1 aliphatic rings. The highest BCUT2D eigenvalue weighted by Crippen LogP contribution is 2.38. The van der Waals surface area contributed by atoms with E-state index in [1.165, 1.54) is 20.0 Å². The summed E-state index contributed by atoms with van der Waals surface area (Å²) >= 11 is 0. The second kappa shape index (κ2) is 8.77. The molecule has 0 radical (unpaired) electrons. The van der Waals surface area contributed by atoms with E-state index < -0.39 is 29.4 Å². The number of hydrazine groups is 1. The van der Waals surface area contributed by atoms with Crippen molar-refractivity contribution in [3.05, 3.63) is 64.2 Å². The molecule has 1 aromatic carbocycles. The van der Waals surface area contributed by atoms with Crippen molar-refractivity contribution < 1.29 is 31.9 Å². The fourth-order valence-corrected chi connectivity index (χ4v) is 3.91. The lowest BCUT2D eigenvalue weighted by atomic mass is 9.99. The van der Waals surface area contributed by atoms with Gasteiger partial charge in [0, 0.05) is 37.2 Å². The van der Waals surface area contributed by atoms with Crippen LogP contribution in [0.4, 0.5) is 23.4 Å². The molecule has 8 nitrogen and oxygen atoms in total. The van der Waals surface area contributed by atoms with Gasteiger partial charge >= 0.3 is 6.18 Å². The molecule has 0 fully saturated rings. The van der Waals surface area contributed by atoms with Gasteiger partial charge in [-0.15, -0.1) is 0 Å². The molecule has 184 valence electrons. The van der Waals surface area contributed by atoms with Gasteiger partial charge < -0.3 is 10.5 Å². The zero-order valence-electron chi connectivity index (χ0n) is 19.0. The number of ether oxygens (including phenoxy) is 1. The van der Waals surface area contributed by atoms with Crippen LogP contribution in [0.1, 0.15) is 52.7 Å². The molecule has 1 aliphatic heterocycles. The summed E-state index contributed by atoms with van der Waals surface area (Å²) in [5.41, 5.74) is 6.35. The molecule has 1 unspecified atom stereocenters. The van der Waals surface area contributed by atoms with E-state index in [1.54, 1.807) is 6.92 Å². The van der Waals surface area contributed by atoms with Crippen molar-refractivity contribution in [1.29, 1.82) is 0 Å². The lowest BCUT2D eigenvalue weighted by Crippen LogP contribution is -2.46. The number of carbonyl (C=O) groups excluding carboxylic acids is 2. The zero-order valence-corrected chi connectivity index (χ0v) is 19.0. The molecular weight excluding hydrogens is 470 g/mol. The highest BCUT2D eigenvalue weighted by molar-refractivity contribution is 6.00. The maximum absolute atomic E-state index is 15.1. The summed E-state index contributed by atoms with van der Waals surface area (Å²) in [5, 5.41) is 2.33. The van der Waals surface area contributed by atoms with E-state index in [0.29, 0.717) is 22.7 Å². The summed E-state index contributed by atoms with van der Waals surface area (Å²) in [6.07, 6.45) is -4.27. The smallest absolute Gasteiger partial charge is 0.383 e. The average Bonchev–Trinajstić information content (AvgIpc) is 3.18. The first-order valence-corrected chi connectivity index (χ1v) is 10.5. The van der Waals surface area contributed by atoms with Gasteiger partial charge in [-0.2, -0.15) is 13.2 Å². The summed E-state index contributed by atoms with van der Waals surface area (Å²) in [6.45, 7) is 2.82. The number of hydrogen-bond donors (Lipinski definition) is 1. The maximum atomic E-state index is 15.1. The second-order valence-electron chi connectivity index (χ2n) is 8.13. The minimum atomic E-state index is -4.58. The summed E-state index contributed by atoms with van der Waals surface area (Å²) in [4.78, 5) is 33.5. The van der Waals surface area contributed by atoms with Gasteiger partial charge in [0.2, 0.25) is 5.91 Å². The number of pyridine rings is 2. The summed E-state index contributed by atoms with van der Waals surface area (Å²) in [5.74, 6) is -2.13. The Bertz CT molecular complexity index is 1330. The van der Waals surface area contributed by atoms with Gasteiger partial charge in [-0.05, 0) is 30.7 Å². The molecule has 0 aliphatic carbocycles. The fourth-order valence-electron chi connectivity index (χ4n) is 3.91. The number of alkyl halides is 3. The number of nitrogens with zero attached hydrogens (tertiary/aromatic N) is 4. The van der Waals surface area contributed by atoms with Crippen molar-refractivity contribution in [1.82, 2.24) is 20.0 Å². The van der Waals surface area contributed by atoms with E-state index in [2.05, 4.69) is 9.97 Å². The summed E-state index contributed by atoms with van der Waals surface area (Å²) in [6, 6.07) is 4.30. The van der Waals surface area contributed by atoms with Crippen LogP contribution in [0.15, 0.2) is 30.5 Å². The molecule has 35 heavy (non-hydrogen) atoms. The quantitative estimate of drug-likeness (QED) is 0.439. The highest BCUT2D eigenvalue weighted by atomic mass is 19.4. The zero-order chi connectivity index (χ0) is 25.7. The van der Waals surface area contributed by atoms with Crippen LogP contribution in [0.3, 0.4) is 0 Å². The Hall–Kier alpha value is -3.80. The topological polar surface area (TPSA) is 102 Å². The van der Waals surface area contributed by atoms with Crippen molar-refractivity contribution in [3.63, 3.8) is 0 Å². The third-order valence-corrected chi connectivity index (χ3v) is 5.88.